The molecule has 1 aliphatic heterocycles. The quantitative estimate of drug-likeness (QED) is 0.609. The first kappa shape index (κ1) is 20.4. The minimum atomic E-state index is -0.853. The van der Waals surface area contributed by atoms with Crippen LogP contribution < -0.4 is 5.73 Å². The maximum Gasteiger partial charge on any atom is 0.161 e. The second-order valence-electron chi connectivity index (χ2n) is 8.70. The number of fused-ring (bicyclic) bond motifs is 1. The van der Waals surface area contributed by atoms with Crippen LogP contribution >= 0.6 is 0 Å². The number of nitrogens with zero attached hydrogens (tertiary/aromatic N) is 1. The van der Waals surface area contributed by atoms with Gasteiger partial charge in [0, 0.05) is 23.6 Å². The lowest BCUT2D eigenvalue weighted by Gasteiger charge is -2.60. The third kappa shape index (κ3) is 3.24. The summed E-state index contributed by atoms with van der Waals surface area (Å²) in [7, 11) is 1.50. The molecule has 0 spiro atoms. The third-order valence-electron chi connectivity index (χ3n) is 7.34. The van der Waals surface area contributed by atoms with E-state index < -0.39 is 11.0 Å². The van der Waals surface area contributed by atoms with Crippen LogP contribution in [-0.4, -0.2) is 52.0 Å². The van der Waals surface area contributed by atoms with Gasteiger partial charge in [0.15, 0.2) is 11.5 Å². The Bertz CT molecular complexity index is 676. The molecule has 4 rings (SSSR count). The van der Waals surface area contributed by atoms with Crippen LogP contribution in [0, 0.1) is 12.8 Å². The number of aromatic hydroxyl groups is 2. The Morgan fingerprint density at radius 2 is 1.78 bits per heavy atom. The van der Waals surface area contributed by atoms with Gasteiger partial charge < -0.3 is 21.1 Å². The van der Waals surface area contributed by atoms with Crippen molar-refractivity contribution in [1.29, 1.82) is 0 Å². The van der Waals surface area contributed by atoms with Gasteiger partial charge in [-0.25, -0.2) is 0 Å². The van der Waals surface area contributed by atoms with Crippen LogP contribution in [0.2, 0.25) is 0 Å². The molecule has 1 aromatic carbocycles. The van der Waals surface area contributed by atoms with Crippen molar-refractivity contribution in [2.75, 3.05) is 20.1 Å². The lowest BCUT2D eigenvalue weighted by molar-refractivity contribution is -0.155. The number of nitrogens with two attached hydrogens (primary N) is 1. The number of phenolic OH excluding ortho intramolecular Hbond substituents is 2. The van der Waals surface area contributed by atoms with E-state index in [1.165, 1.54) is 19.9 Å². The van der Waals surface area contributed by atoms with Gasteiger partial charge in [-0.1, -0.05) is 18.9 Å². The zero-order valence-corrected chi connectivity index (χ0v) is 17.0. The van der Waals surface area contributed by atoms with Crippen LogP contribution in [0.5, 0.6) is 11.5 Å². The van der Waals surface area contributed by atoms with Crippen molar-refractivity contribution in [2.45, 2.75) is 75.9 Å². The maximum absolute atomic E-state index is 12.0. The molecule has 3 fully saturated rings. The van der Waals surface area contributed by atoms with Gasteiger partial charge in [-0.3, -0.25) is 4.90 Å². The Balaban J connectivity index is 0.00000102. The Kier molecular flexibility index (Phi) is 5.76. The molecule has 5 N–H and O–H groups in total. The van der Waals surface area contributed by atoms with Gasteiger partial charge in [-0.05, 0) is 77.1 Å². The highest BCUT2D eigenvalue weighted by Crippen LogP contribution is 2.57. The molecule has 0 amide bonds. The average molecular weight is 377 g/mol. The molecule has 3 aliphatic rings. The van der Waals surface area contributed by atoms with Crippen LogP contribution in [0.25, 0.3) is 0 Å². The van der Waals surface area contributed by atoms with Gasteiger partial charge >= 0.3 is 0 Å². The first-order valence-corrected chi connectivity index (χ1v) is 10.5. The molecule has 0 radical (unpaired) electrons. The van der Waals surface area contributed by atoms with Crippen LogP contribution in [0.4, 0.5) is 0 Å². The predicted molar refractivity (Wildman–Crippen MR) is 108 cm³/mol. The fraction of sp³-hybridized carbons (Fsp3) is 0.727. The van der Waals surface area contributed by atoms with Crippen molar-refractivity contribution < 1.29 is 15.3 Å². The number of benzene rings is 1. The normalized spacial score (nSPS) is 33.7. The highest BCUT2D eigenvalue weighted by molar-refractivity contribution is 5.54. The SMILES string of the molecule is CN.Cc1ccc(O)c(O)c1C12CCCCC1(O)C(C)N(CC1CC1)CC2. The average Bonchev–Trinajstić information content (AvgIpc) is 3.48. The highest BCUT2D eigenvalue weighted by Gasteiger charge is 2.60. The predicted octanol–water partition coefficient (Wildman–Crippen LogP) is 3.03. The number of aryl methyl sites for hydroxylation is 1. The van der Waals surface area contributed by atoms with Gasteiger partial charge in [-0.2, -0.15) is 0 Å². The molecule has 2 saturated carbocycles. The minimum Gasteiger partial charge on any atom is -0.504 e. The van der Waals surface area contributed by atoms with Crippen molar-refractivity contribution in [1.82, 2.24) is 4.90 Å². The zero-order valence-electron chi connectivity index (χ0n) is 17.0. The van der Waals surface area contributed by atoms with Crippen molar-refractivity contribution in [3.05, 3.63) is 23.3 Å². The van der Waals surface area contributed by atoms with Gasteiger partial charge in [0.1, 0.15) is 0 Å². The van der Waals surface area contributed by atoms with E-state index in [1.54, 1.807) is 6.07 Å². The second kappa shape index (κ2) is 7.61. The van der Waals surface area contributed by atoms with E-state index in [1.807, 2.05) is 13.0 Å². The van der Waals surface area contributed by atoms with Gasteiger partial charge in [0.05, 0.1) is 5.60 Å². The van der Waals surface area contributed by atoms with Crippen LogP contribution in [0.3, 0.4) is 0 Å². The number of hydrogen-bond donors (Lipinski definition) is 4. The summed E-state index contributed by atoms with van der Waals surface area (Å²) in [4.78, 5) is 2.47. The van der Waals surface area contributed by atoms with E-state index >= 15 is 0 Å². The van der Waals surface area contributed by atoms with Crippen molar-refractivity contribution in [2.24, 2.45) is 11.7 Å². The van der Waals surface area contributed by atoms with Crippen molar-refractivity contribution in [3.8, 4) is 11.5 Å². The first-order valence-electron chi connectivity index (χ1n) is 10.5. The second-order valence-corrected chi connectivity index (χ2v) is 8.70. The molecular weight excluding hydrogens is 340 g/mol. The first-order chi connectivity index (χ1) is 12.9. The zero-order chi connectivity index (χ0) is 19.8. The molecule has 0 aromatic heterocycles. The number of likely N-dealkylation sites (tertiary alicyclic amines) is 1. The van der Waals surface area contributed by atoms with Gasteiger partial charge in [0.2, 0.25) is 0 Å². The molecule has 2 aliphatic carbocycles. The molecule has 5 nitrogen and oxygen atoms in total. The highest BCUT2D eigenvalue weighted by atomic mass is 16.3. The molecule has 27 heavy (non-hydrogen) atoms. The summed E-state index contributed by atoms with van der Waals surface area (Å²) in [6.07, 6.45) is 7.22. The molecule has 152 valence electrons. The monoisotopic (exact) mass is 376 g/mol. The topological polar surface area (TPSA) is 90.0 Å². The standard InChI is InChI=1S/C21H31NO3.CH5N/c1-14-5-8-17(23)19(24)18(14)20-9-3-4-10-21(20,25)15(2)22(12-11-20)13-16-6-7-16;1-2/h5,8,15-16,23-25H,3-4,6-7,9-13H2,1-2H3;2H2,1H3. The molecule has 1 saturated heterocycles. The summed E-state index contributed by atoms with van der Waals surface area (Å²) in [6.45, 7) is 6.19. The van der Waals surface area contributed by atoms with Crippen LogP contribution in [0.15, 0.2) is 12.1 Å². The molecule has 5 heteroatoms. The fourth-order valence-electron chi connectivity index (χ4n) is 5.69. The number of piperidine rings is 1. The van der Waals surface area contributed by atoms with E-state index in [4.69, 9.17) is 0 Å². The summed E-state index contributed by atoms with van der Waals surface area (Å²) in [6, 6.07) is 3.50. The number of hydrogen-bond acceptors (Lipinski definition) is 5. The van der Waals surface area contributed by atoms with E-state index in [-0.39, 0.29) is 17.5 Å². The summed E-state index contributed by atoms with van der Waals surface area (Å²) in [5.41, 5.74) is 4.94. The van der Waals surface area contributed by atoms with Crippen molar-refractivity contribution >= 4 is 0 Å². The van der Waals surface area contributed by atoms with E-state index in [0.717, 1.165) is 62.2 Å². The molecular formula is C22H36N2O3. The largest absolute Gasteiger partial charge is 0.504 e. The van der Waals surface area contributed by atoms with Crippen molar-refractivity contribution in [3.63, 3.8) is 0 Å². The number of aliphatic hydroxyl groups is 1. The van der Waals surface area contributed by atoms with Crippen LogP contribution in [-0.2, 0) is 5.41 Å². The number of rotatable bonds is 3. The Hall–Kier alpha value is -1.30. The molecule has 3 unspecified atom stereocenters. The van der Waals surface area contributed by atoms with Crippen LogP contribution in [0.1, 0.15) is 63.0 Å². The summed E-state index contributed by atoms with van der Waals surface area (Å²) in [5, 5.41) is 32.8. The molecule has 0 bridgehead atoms. The minimum absolute atomic E-state index is 0.0248. The summed E-state index contributed by atoms with van der Waals surface area (Å²) < 4.78 is 0. The summed E-state index contributed by atoms with van der Waals surface area (Å²) >= 11 is 0. The van der Waals surface area contributed by atoms with Gasteiger partial charge in [-0.15, -0.1) is 0 Å². The Labute approximate surface area is 163 Å². The Morgan fingerprint density at radius 3 is 2.44 bits per heavy atom. The molecule has 3 atom stereocenters. The smallest absolute Gasteiger partial charge is 0.161 e. The van der Waals surface area contributed by atoms with E-state index in [2.05, 4.69) is 17.6 Å². The van der Waals surface area contributed by atoms with Gasteiger partial charge in [0.25, 0.3) is 0 Å². The fourth-order valence-corrected chi connectivity index (χ4v) is 5.69. The summed E-state index contributed by atoms with van der Waals surface area (Å²) in [5.74, 6) is 0.706. The molecule has 1 heterocycles. The lowest BCUT2D eigenvalue weighted by atomic mass is 9.53. The third-order valence-corrected chi connectivity index (χ3v) is 7.34. The lowest BCUT2D eigenvalue weighted by Crippen LogP contribution is -2.69. The maximum atomic E-state index is 12.0. The van der Waals surface area contributed by atoms with E-state index in [0.29, 0.717) is 0 Å². The Morgan fingerprint density at radius 1 is 1.11 bits per heavy atom. The molecule has 1 aromatic rings. The number of phenols is 2. The van der Waals surface area contributed by atoms with E-state index in [9.17, 15) is 15.3 Å².